The SMILES string of the molecule is CCNC(Cc1ncnc2sc(C)cc12)C(C)C. The molecule has 2 heterocycles. The summed E-state index contributed by atoms with van der Waals surface area (Å²) in [4.78, 5) is 11.2. The van der Waals surface area contributed by atoms with Crippen molar-refractivity contribution in [3.05, 3.63) is 23.0 Å². The summed E-state index contributed by atoms with van der Waals surface area (Å²) in [6.07, 6.45) is 2.66. The van der Waals surface area contributed by atoms with Gasteiger partial charge in [-0.2, -0.15) is 0 Å². The number of nitrogens with one attached hydrogen (secondary N) is 1. The lowest BCUT2D eigenvalue weighted by Crippen LogP contribution is -2.35. The first kappa shape index (κ1) is 13.4. The predicted octanol–water partition coefficient (Wildman–Crippen LogP) is 3.18. The average Bonchev–Trinajstić information content (AvgIpc) is 2.69. The van der Waals surface area contributed by atoms with E-state index in [1.54, 1.807) is 17.7 Å². The Kier molecular flexibility index (Phi) is 4.30. The van der Waals surface area contributed by atoms with Crippen molar-refractivity contribution in [1.29, 1.82) is 0 Å². The van der Waals surface area contributed by atoms with Crippen molar-refractivity contribution < 1.29 is 0 Å². The Morgan fingerprint density at radius 2 is 2.11 bits per heavy atom. The fourth-order valence-electron chi connectivity index (χ4n) is 2.20. The van der Waals surface area contributed by atoms with Crippen LogP contribution in [0.15, 0.2) is 12.4 Å². The molecule has 0 aromatic carbocycles. The van der Waals surface area contributed by atoms with Gasteiger partial charge >= 0.3 is 0 Å². The van der Waals surface area contributed by atoms with Gasteiger partial charge in [0, 0.05) is 22.7 Å². The molecule has 1 atom stereocenters. The fraction of sp³-hybridized carbons (Fsp3) is 0.571. The Bertz CT molecular complexity index is 519. The number of fused-ring (bicyclic) bond motifs is 1. The van der Waals surface area contributed by atoms with Crippen LogP contribution >= 0.6 is 11.3 Å². The monoisotopic (exact) mass is 263 g/mol. The third kappa shape index (κ3) is 2.87. The zero-order valence-electron chi connectivity index (χ0n) is 11.5. The maximum Gasteiger partial charge on any atom is 0.127 e. The topological polar surface area (TPSA) is 37.8 Å². The summed E-state index contributed by atoms with van der Waals surface area (Å²) in [7, 11) is 0. The van der Waals surface area contributed by atoms with E-state index in [9.17, 15) is 0 Å². The summed E-state index contributed by atoms with van der Waals surface area (Å²) < 4.78 is 0. The van der Waals surface area contributed by atoms with Crippen LogP contribution in [-0.4, -0.2) is 22.6 Å². The Hall–Kier alpha value is -1.00. The number of hydrogen-bond acceptors (Lipinski definition) is 4. The number of likely N-dealkylation sites (N-methyl/N-ethyl adjacent to an activating group) is 1. The molecule has 0 fully saturated rings. The molecule has 0 aliphatic carbocycles. The lowest BCUT2D eigenvalue weighted by molar-refractivity contribution is 0.403. The van der Waals surface area contributed by atoms with E-state index in [0.29, 0.717) is 12.0 Å². The van der Waals surface area contributed by atoms with Crippen LogP contribution in [0.4, 0.5) is 0 Å². The molecule has 18 heavy (non-hydrogen) atoms. The molecule has 0 aliphatic rings. The first-order chi connectivity index (χ1) is 8.61. The molecule has 0 aliphatic heterocycles. The molecule has 4 heteroatoms. The number of thiophene rings is 1. The van der Waals surface area contributed by atoms with Gasteiger partial charge in [-0.05, 0) is 25.5 Å². The van der Waals surface area contributed by atoms with Crippen LogP contribution in [0.2, 0.25) is 0 Å². The molecule has 98 valence electrons. The van der Waals surface area contributed by atoms with Gasteiger partial charge in [-0.1, -0.05) is 20.8 Å². The molecule has 2 aromatic heterocycles. The van der Waals surface area contributed by atoms with Gasteiger partial charge in [-0.25, -0.2) is 9.97 Å². The molecule has 1 unspecified atom stereocenters. The third-order valence-electron chi connectivity index (χ3n) is 3.22. The molecular weight excluding hydrogens is 242 g/mol. The van der Waals surface area contributed by atoms with E-state index in [1.165, 1.54) is 16.0 Å². The summed E-state index contributed by atoms with van der Waals surface area (Å²) in [6.45, 7) is 9.79. The van der Waals surface area contributed by atoms with Gasteiger partial charge in [-0.15, -0.1) is 11.3 Å². The van der Waals surface area contributed by atoms with Gasteiger partial charge < -0.3 is 5.32 Å². The molecule has 0 spiro atoms. The average molecular weight is 263 g/mol. The minimum absolute atomic E-state index is 0.480. The van der Waals surface area contributed by atoms with Gasteiger partial charge in [0.2, 0.25) is 0 Å². The Balaban J connectivity index is 2.29. The Morgan fingerprint density at radius 3 is 2.78 bits per heavy atom. The highest BCUT2D eigenvalue weighted by atomic mass is 32.1. The summed E-state index contributed by atoms with van der Waals surface area (Å²) >= 11 is 1.74. The van der Waals surface area contributed by atoms with Gasteiger partial charge in [0.15, 0.2) is 0 Å². The van der Waals surface area contributed by atoms with Crippen LogP contribution in [0.1, 0.15) is 31.3 Å². The van der Waals surface area contributed by atoms with Crippen LogP contribution in [-0.2, 0) is 6.42 Å². The van der Waals surface area contributed by atoms with Crippen molar-refractivity contribution in [2.45, 2.75) is 40.2 Å². The Morgan fingerprint density at radius 1 is 1.33 bits per heavy atom. The van der Waals surface area contributed by atoms with E-state index in [4.69, 9.17) is 0 Å². The van der Waals surface area contributed by atoms with Gasteiger partial charge in [0.05, 0.1) is 5.69 Å². The van der Waals surface area contributed by atoms with Crippen molar-refractivity contribution in [1.82, 2.24) is 15.3 Å². The zero-order chi connectivity index (χ0) is 13.1. The van der Waals surface area contributed by atoms with Gasteiger partial charge in [-0.3, -0.25) is 0 Å². The standard InChI is InChI=1S/C14H21N3S/c1-5-15-12(9(2)3)7-13-11-6-10(4)18-14(11)17-8-16-13/h6,8-9,12,15H,5,7H2,1-4H3. The highest BCUT2D eigenvalue weighted by molar-refractivity contribution is 7.18. The molecule has 2 aromatic rings. The largest absolute Gasteiger partial charge is 0.314 e. The number of aryl methyl sites for hydroxylation is 1. The molecule has 3 nitrogen and oxygen atoms in total. The first-order valence-electron chi connectivity index (χ1n) is 6.55. The Labute approximate surface area is 113 Å². The molecule has 2 rings (SSSR count). The molecule has 0 bridgehead atoms. The number of hydrogen-bond donors (Lipinski definition) is 1. The molecule has 0 radical (unpaired) electrons. The highest BCUT2D eigenvalue weighted by Crippen LogP contribution is 2.25. The lowest BCUT2D eigenvalue weighted by atomic mass is 9.98. The molecule has 0 amide bonds. The number of aromatic nitrogens is 2. The lowest BCUT2D eigenvalue weighted by Gasteiger charge is -2.21. The van der Waals surface area contributed by atoms with E-state index in [1.807, 2.05) is 0 Å². The normalized spacial score (nSPS) is 13.4. The second kappa shape index (κ2) is 5.76. The molecule has 0 saturated heterocycles. The number of nitrogens with zero attached hydrogens (tertiary/aromatic N) is 2. The quantitative estimate of drug-likeness (QED) is 0.900. The van der Waals surface area contributed by atoms with Crippen molar-refractivity contribution >= 4 is 21.6 Å². The summed E-state index contributed by atoms with van der Waals surface area (Å²) in [6, 6.07) is 2.69. The maximum atomic E-state index is 4.48. The molecular formula is C14H21N3S. The van der Waals surface area contributed by atoms with Crippen LogP contribution < -0.4 is 5.32 Å². The second-order valence-corrected chi connectivity index (χ2v) is 6.24. The van der Waals surface area contributed by atoms with Crippen LogP contribution in [0.3, 0.4) is 0 Å². The minimum atomic E-state index is 0.480. The molecule has 1 N–H and O–H groups in total. The zero-order valence-corrected chi connectivity index (χ0v) is 12.3. The van der Waals surface area contributed by atoms with E-state index in [-0.39, 0.29) is 0 Å². The molecule has 0 saturated carbocycles. The summed E-state index contributed by atoms with van der Waals surface area (Å²) in [5.74, 6) is 0.606. The summed E-state index contributed by atoms with van der Waals surface area (Å²) in [5.41, 5.74) is 1.17. The summed E-state index contributed by atoms with van der Waals surface area (Å²) in [5, 5.41) is 4.77. The highest BCUT2D eigenvalue weighted by Gasteiger charge is 2.16. The predicted molar refractivity (Wildman–Crippen MR) is 78.2 cm³/mol. The second-order valence-electron chi connectivity index (χ2n) is 5.01. The van der Waals surface area contributed by atoms with Crippen LogP contribution in [0.25, 0.3) is 10.2 Å². The van der Waals surface area contributed by atoms with Gasteiger partial charge in [0.25, 0.3) is 0 Å². The van der Waals surface area contributed by atoms with E-state index >= 15 is 0 Å². The smallest absolute Gasteiger partial charge is 0.127 e. The number of rotatable bonds is 5. The van der Waals surface area contributed by atoms with E-state index < -0.39 is 0 Å². The minimum Gasteiger partial charge on any atom is -0.314 e. The van der Waals surface area contributed by atoms with E-state index in [2.05, 4.69) is 49.0 Å². The van der Waals surface area contributed by atoms with Gasteiger partial charge in [0.1, 0.15) is 11.2 Å². The maximum absolute atomic E-state index is 4.48. The van der Waals surface area contributed by atoms with E-state index in [0.717, 1.165) is 17.8 Å². The fourth-order valence-corrected chi connectivity index (χ4v) is 3.07. The van der Waals surface area contributed by atoms with Crippen molar-refractivity contribution in [2.75, 3.05) is 6.54 Å². The third-order valence-corrected chi connectivity index (χ3v) is 4.18. The first-order valence-corrected chi connectivity index (χ1v) is 7.36. The van der Waals surface area contributed by atoms with Crippen LogP contribution in [0, 0.1) is 12.8 Å². The van der Waals surface area contributed by atoms with Crippen LogP contribution in [0.5, 0.6) is 0 Å². The van der Waals surface area contributed by atoms with Crippen molar-refractivity contribution in [3.8, 4) is 0 Å². The van der Waals surface area contributed by atoms with Crippen molar-refractivity contribution in [3.63, 3.8) is 0 Å². The van der Waals surface area contributed by atoms with Crippen molar-refractivity contribution in [2.24, 2.45) is 5.92 Å².